The Hall–Kier alpha value is -2.30. The van der Waals surface area contributed by atoms with E-state index in [0.29, 0.717) is 16.7 Å². The Morgan fingerprint density at radius 2 is 1.67 bits per heavy atom. The fourth-order valence-electron chi connectivity index (χ4n) is 1.98. The molecule has 0 fully saturated rings. The zero-order chi connectivity index (χ0) is 15.6. The monoisotopic (exact) mass is 294 g/mol. The van der Waals surface area contributed by atoms with Crippen molar-refractivity contribution in [2.24, 2.45) is 0 Å². The zero-order valence-corrected chi connectivity index (χ0v) is 11.2. The summed E-state index contributed by atoms with van der Waals surface area (Å²) in [7, 11) is 0. The van der Waals surface area contributed by atoms with Crippen molar-refractivity contribution >= 4 is 5.97 Å². The van der Waals surface area contributed by atoms with Gasteiger partial charge in [-0.2, -0.15) is 13.2 Å². The van der Waals surface area contributed by atoms with Gasteiger partial charge in [-0.25, -0.2) is 0 Å². The van der Waals surface area contributed by atoms with Crippen molar-refractivity contribution in [3.8, 4) is 11.1 Å². The number of carbonyl (C=O) groups is 1. The normalized spacial score (nSPS) is 13.0. The van der Waals surface area contributed by atoms with Gasteiger partial charge in [-0.15, -0.1) is 0 Å². The third-order valence-corrected chi connectivity index (χ3v) is 3.30. The molecule has 0 saturated carbocycles. The number of aliphatic carboxylic acids is 1. The van der Waals surface area contributed by atoms with Crippen molar-refractivity contribution in [2.75, 3.05) is 0 Å². The molecule has 1 unspecified atom stereocenters. The lowest BCUT2D eigenvalue weighted by Gasteiger charge is -2.10. The van der Waals surface area contributed by atoms with Gasteiger partial charge in [0.25, 0.3) is 0 Å². The van der Waals surface area contributed by atoms with Gasteiger partial charge in [0.1, 0.15) is 0 Å². The average molecular weight is 294 g/mol. The molecule has 1 N–H and O–H groups in total. The Morgan fingerprint density at radius 3 is 2.19 bits per heavy atom. The number of halogens is 3. The van der Waals surface area contributed by atoms with E-state index in [4.69, 9.17) is 5.11 Å². The molecular weight excluding hydrogens is 281 g/mol. The zero-order valence-electron chi connectivity index (χ0n) is 11.2. The van der Waals surface area contributed by atoms with Gasteiger partial charge in [-0.3, -0.25) is 4.79 Å². The second kappa shape index (κ2) is 5.60. The standard InChI is InChI=1S/C16H13F3O2/c1-10(15(20)21)11-5-7-12(8-6-11)13-3-2-4-14(9-13)16(17,18)19/h2-10H,1H3,(H,20,21). The SMILES string of the molecule is CC(C(=O)O)c1ccc(-c2cccc(C(F)(F)F)c2)cc1. The van der Waals surface area contributed by atoms with Gasteiger partial charge < -0.3 is 5.11 Å². The largest absolute Gasteiger partial charge is 0.481 e. The first-order chi connectivity index (χ1) is 9.79. The highest BCUT2D eigenvalue weighted by atomic mass is 19.4. The molecule has 1 atom stereocenters. The number of rotatable bonds is 3. The third-order valence-electron chi connectivity index (χ3n) is 3.30. The van der Waals surface area contributed by atoms with Crippen LogP contribution in [-0.4, -0.2) is 11.1 Å². The van der Waals surface area contributed by atoms with E-state index in [1.165, 1.54) is 6.07 Å². The minimum atomic E-state index is -4.38. The predicted molar refractivity (Wildman–Crippen MR) is 72.9 cm³/mol. The summed E-state index contributed by atoms with van der Waals surface area (Å²) >= 11 is 0. The molecule has 0 bridgehead atoms. The Morgan fingerprint density at radius 1 is 1.05 bits per heavy atom. The van der Waals surface area contributed by atoms with Gasteiger partial charge in [-0.1, -0.05) is 36.4 Å². The predicted octanol–water partition coefficient (Wildman–Crippen LogP) is 4.56. The van der Waals surface area contributed by atoms with Crippen molar-refractivity contribution in [1.29, 1.82) is 0 Å². The van der Waals surface area contributed by atoms with Gasteiger partial charge in [0.05, 0.1) is 11.5 Å². The Balaban J connectivity index is 2.33. The summed E-state index contributed by atoms with van der Waals surface area (Å²) in [4.78, 5) is 10.9. The van der Waals surface area contributed by atoms with Crippen LogP contribution in [-0.2, 0) is 11.0 Å². The molecule has 0 spiro atoms. The van der Waals surface area contributed by atoms with Crippen molar-refractivity contribution < 1.29 is 23.1 Å². The van der Waals surface area contributed by atoms with Crippen molar-refractivity contribution in [3.63, 3.8) is 0 Å². The summed E-state index contributed by atoms with van der Waals surface area (Å²) in [6.45, 7) is 1.56. The Bertz CT molecular complexity index is 645. The molecule has 110 valence electrons. The highest BCUT2D eigenvalue weighted by Crippen LogP contribution is 2.32. The number of alkyl halides is 3. The molecule has 0 aromatic heterocycles. The van der Waals surface area contributed by atoms with E-state index in [9.17, 15) is 18.0 Å². The maximum Gasteiger partial charge on any atom is 0.416 e. The van der Waals surface area contributed by atoms with Crippen molar-refractivity contribution in [1.82, 2.24) is 0 Å². The molecular formula is C16H13F3O2. The molecule has 5 heteroatoms. The summed E-state index contributed by atoms with van der Waals surface area (Å²) in [6.07, 6.45) is -4.38. The van der Waals surface area contributed by atoms with E-state index < -0.39 is 23.6 Å². The van der Waals surface area contributed by atoms with Crippen LogP contribution in [0.2, 0.25) is 0 Å². The lowest BCUT2D eigenvalue weighted by Crippen LogP contribution is -2.07. The van der Waals surface area contributed by atoms with Crippen LogP contribution in [0.4, 0.5) is 13.2 Å². The minimum Gasteiger partial charge on any atom is -0.481 e. The summed E-state index contributed by atoms with van der Waals surface area (Å²) in [5.41, 5.74) is 0.961. The molecule has 0 heterocycles. The first-order valence-electron chi connectivity index (χ1n) is 6.29. The van der Waals surface area contributed by atoms with Crippen LogP contribution in [0.1, 0.15) is 24.0 Å². The summed E-state index contributed by atoms with van der Waals surface area (Å²) < 4.78 is 38.0. The van der Waals surface area contributed by atoms with Gasteiger partial charge in [-0.05, 0) is 35.7 Å². The number of hydrogen-bond donors (Lipinski definition) is 1. The topological polar surface area (TPSA) is 37.3 Å². The van der Waals surface area contributed by atoms with E-state index in [1.807, 2.05) is 0 Å². The van der Waals surface area contributed by atoms with Crippen LogP contribution in [0, 0.1) is 0 Å². The quantitative estimate of drug-likeness (QED) is 0.901. The Kier molecular flexibility index (Phi) is 4.02. The molecule has 2 nitrogen and oxygen atoms in total. The van der Waals surface area contributed by atoms with Crippen LogP contribution in [0.5, 0.6) is 0 Å². The first kappa shape index (κ1) is 15.1. The van der Waals surface area contributed by atoms with Crippen LogP contribution in [0.15, 0.2) is 48.5 Å². The molecule has 0 aliphatic carbocycles. The molecule has 2 rings (SSSR count). The molecule has 0 radical (unpaired) electrons. The number of carboxylic acids is 1. The summed E-state index contributed by atoms with van der Waals surface area (Å²) in [5.74, 6) is -1.60. The molecule has 21 heavy (non-hydrogen) atoms. The molecule has 2 aromatic rings. The number of carboxylic acid groups (broad SMARTS) is 1. The van der Waals surface area contributed by atoms with Gasteiger partial charge in [0.15, 0.2) is 0 Å². The van der Waals surface area contributed by atoms with E-state index in [0.717, 1.165) is 12.1 Å². The van der Waals surface area contributed by atoms with E-state index in [2.05, 4.69) is 0 Å². The molecule has 0 saturated heterocycles. The van der Waals surface area contributed by atoms with Crippen molar-refractivity contribution in [3.05, 3.63) is 59.7 Å². The fraction of sp³-hybridized carbons (Fsp3) is 0.188. The van der Waals surface area contributed by atoms with Crippen LogP contribution in [0.3, 0.4) is 0 Å². The molecule has 0 aliphatic rings. The number of hydrogen-bond acceptors (Lipinski definition) is 1. The van der Waals surface area contributed by atoms with Crippen LogP contribution < -0.4 is 0 Å². The highest BCUT2D eigenvalue weighted by molar-refractivity contribution is 5.76. The fourth-order valence-corrected chi connectivity index (χ4v) is 1.98. The maximum atomic E-state index is 12.7. The third kappa shape index (κ3) is 3.42. The van der Waals surface area contributed by atoms with Gasteiger partial charge in [0.2, 0.25) is 0 Å². The molecule has 0 aliphatic heterocycles. The van der Waals surface area contributed by atoms with Crippen LogP contribution >= 0.6 is 0 Å². The first-order valence-corrected chi connectivity index (χ1v) is 6.29. The molecule has 2 aromatic carbocycles. The molecule has 0 amide bonds. The van der Waals surface area contributed by atoms with Gasteiger partial charge >= 0.3 is 12.1 Å². The summed E-state index contributed by atoms with van der Waals surface area (Å²) in [5, 5.41) is 8.92. The lowest BCUT2D eigenvalue weighted by atomic mass is 9.97. The Labute approximate surface area is 119 Å². The van der Waals surface area contributed by atoms with E-state index in [-0.39, 0.29) is 0 Å². The van der Waals surface area contributed by atoms with Gasteiger partial charge in [0, 0.05) is 0 Å². The summed E-state index contributed by atoms with van der Waals surface area (Å²) in [6, 6.07) is 11.5. The smallest absolute Gasteiger partial charge is 0.416 e. The van der Waals surface area contributed by atoms with Crippen molar-refractivity contribution in [2.45, 2.75) is 19.0 Å². The average Bonchev–Trinajstić information content (AvgIpc) is 2.46. The number of benzene rings is 2. The lowest BCUT2D eigenvalue weighted by molar-refractivity contribution is -0.138. The maximum absolute atomic E-state index is 12.7. The van der Waals surface area contributed by atoms with E-state index in [1.54, 1.807) is 37.3 Å². The van der Waals surface area contributed by atoms with E-state index >= 15 is 0 Å². The second-order valence-electron chi connectivity index (χ2n) is 4.76. The van der Waals surface area contributed by atoms with Crippen LogP contribution in [0.25, 0.3) is 11.1 Å². The highest BCUT2D eigenvalue weighted by Gasteiger charge is 2.30. The minimum absolute atomic E-state index is 0.444. The second-order valence-corrected chi connectivity index (χ2v) is 4.76.